The molecule has 142 valence electrons. The van der Waals surface area contributed by atoms with Gasteiger partial charge in [-0.05, 0) is 38.0 Å². The predicted molar refractivity (Wildman–Crippen MR) is 109 cm³/mol. The van der Waals surface area contributed by atoms with E-state index < -0.39 is 5.00 Å². The zero-order valence-corrected chi connectivity index (χ0v) is 16.2. The zero-order valence-electron chi connectivity index (χ0n) is 15.3. The first kappa shape index (κ1) is 20.7. The summed E-state index contributed by atoms with van der Waals surface area (Å²) in [5, 5.41) is 25.2. The van der Waals surface area contributed by atoms with Gasteiger partial charge in [0, 0.05) is 36.3 Å². The van der Waals surface area contributed by atoms with Crippen LogP contribution in [0.4, 0.5) is 4.39 Å². The van der Waals surface area contributed by atoms with Crippen molar-refractivity contribution in [2.24, 2.45) is 5.92 Å². The van der Waals surface area contributed by atoms with Crippen LogP contribution in [0.1, 0.15) is 25.3 Å². The monoisotopic (exact) mass is 385 g/mol. The fraction of sp³-hybridized carbons (Fsp3) is 0.350. The molecule has 0 spiro atoms. The Balaban J connectivity index is 1.96. The molecule has 1 unspecified atom stereocenters. The average Bonchev–Trinajstić information content (AvgIpc) is 2.67. The molecule has 0 aliphatic carbocycles. The molecule has 27 heavy (non-hydrogen) atoms. The van der Waals surface area contributed by atoms with Gasteiger partial charge < -0.3 is 21.0 Å². The molecular weight excluding hydrogens is 361 g/mol. The molecule has 2 rings (SSSR count). The fourth-order valence-electron chi connectivity index (χ4n) is 3.07. The van der Waals surface area contributed by atoms with E-state index in [2.05, 4.69) is 18.0 Å². The largest absolute Gasteiger partial charge is 0.359 e. The highest BCUT2D eigenvalue weighted by Crippen LogP contribution is 2.45. The number of benzene rings is 1. The Bertz CT molecular complexity index is 773. The maximum atomic E-state index is 15.4. The van der Waals surface area contributed by atoms with Gasteiger partial charge in [-0.2, -0.15) is 5.26 Å². The second-order valence-electron chi connectivity index (χ2n) is 6.46. The third-order valence-electron chi connectivity index (χ3n) is 4.63. The Morgan fingerprint density at radius 3 is 2.67 bits per heavy atom. The summed E-state index contributed by atoms with van der Waals surface area (Å²) in [6.07, 6.45) is 5.06. The second kappa shape index (κ2) is 9.38. The summed E-state index contributed by atoms with van der Waals surface area (Å²) < 4.78 is 15.4. The molecule has 3 N–H and O–H groups in total. The van der Waals surface area contributed by atoms with Gasteiger partial charge in [-0.15, -0.1) is 0 Å². The molecule has 1 aliphatic rings. The number of rotatable bonds is 8. The lowest BCUT2D eigenvalue weighted by Crippen LogP contribution is -2.42. The molecule has 1 saturated heterocycles. The number of nitrogens with zero attached hydrogens (tertiary/aromatic N) is 2. The maximum absolute atomic E-state index is 15.4. The summed E-state index contributed by atoms with van der Waals surface area (Å²) in [4.78, 5) is 2.70. The molecule has 7 heteroatoms. The van der Waals surface area contributed by atoms with Gasteiger partial charge in [0.05, 0.1) is 17.1 Å². The molecule has 1 aliphatic heterocycles. The molecule has 1 aromatic carbocycles. The number of allylic oxidation sites excluding steroid dienone is 2. The van der Waals surface area contributed by atoms with Gasteiger partial charge in [-0.3, -0.25) is 0 Å². The number of halogens is 1. The van der Waals surface area contributed by atoms with E-state index in [1.165, 1.54) is 6.08 Å². The first-order chi connectivity index (χ1) is 12.9. The lowest BCUT2D eigenvalue weighted by Gasteiger charge is -2.39. The van der Waals surface area contributed by atoms with E-state index in [1.807, 2.05) is 11.0 Å². The van der Waals surface area contributed by atoms with Crippen molar-refractivity contribution in [3.63, 3.8) is 0 Å². The van der Waals surface area contributed by atoms with Crippen LogP contribution >= 0.6 is 11.8 Å². The topological polar surface area (TPSA) is 86.8 Å². The molecule has 0 radical (unpaired) electrons. The lowest BCUT2D eigenvalue weighted by molar-refractivity contribution is 0.125. The molecular formula is C20H24FN5S. The highest BCUT2D eigenvalue weighted by molar-refractivity contribution is 8.00. The standard InChI is InChI=1S/C20H24FN5S/c1-15(25-18(14-24)7-10-22)26-11-8-17(9-12-26)20(2,21)27-19-6-4-3-5-16(19)13-23/h3-7,10,14,17,22,24-25H,1,8-9,11-12H2,2H3/b18-7+,22-10?,24-14?. The van der Waals surface area contributed by atoms with Gasteiger partial charge in [-0.1, -0.05) is 30.5 Å². The van der Waals surface area contributed by atoms with Gasteiger partial charge in [0.1, 0.15) is 6.07 Å². The Hall–Kier alpha value is -2.59. The summed E-state index contributed by atoms with van der Waals surface area (Å²) in [5.41, 5.74) is 0.981. The van der Waals surface area contributed by atoms with Crippen LogP contribution in [0.15, 0.2) is 53.3 Å². The summed E-state index contributed by atoms with van der Waals surface area (Å²) in [5.74, 6) is 0.519. The van der Waals surface area contributed by atoms with E-state index in [4.69, 9.17) is 10.8 Å². The van der Waals surface area contributed by atoms with Crippen LogP contribution in [0.5, 0.6) is 0 Å². The molecule has 1 heterocycles. The second-order valence-corrected chi connectivity index (χ2v) is 7.90. The molecule has 1 atom stereocenters. The Kier molecular flexibility index (Phi) is 7.19. The first-order valence-electron chi connectivity index (χ1n) is 8.70. The number of nitriles is 1. The number of hydrogen-bond acceptors (Lipinski definition) is 6. The molecule has 0 amide bonds. The van der Waals surface area contributed by atoms with E-state index >= 15 is 4.39 Å². The number of thioether (sulfide) groups is 1. The molecule has 1 fully saturated rings. The van der Waals surface area contributed by atoms with E-state index in [-0.39, 0.29) is 5.92 Å². The van der Waals surface area contributed by atoms with Crippen LogP contribution in [0, 0.1) is 28.1 Å². The smallest absolute Gasteiger partial charge is 0.160 e. The lowest BCUT2D eigenvalue weighted by atomic mass is 9.92. The molecule has 5 nitrogen and oxygen atoms in total. The number of piperidine rings is 1. The van der Waals surface area contributed by atoms with E-state index in [0.717, 1.165) is 24.2 Å². The zero-order chi connectivity index (χ0) is 19.9. The third kappa shape index (κ3) is 5.44. The fourth-order valence-corrected chi connectivity index (χ4v) is 4.28. The minimum Gasteiger partial charge on any atom is -0.359 e. The number of alkyl halides is 1. The van der Waals surface area contributed by atoms with Crippen LogP contribution in [0.2, 0.25) is 0 Å². The van der Waals surface area contributed by atoms with Crippen LogP contribution in [0.25, 0.3) is 0 Å². The van der Waals surface area contributed by atoms with Gasteiger partial charge in [-0.25, -0.2) is 4.39 Å². The summed E-state index contributed by atoms with van der Waals surface area (Å²) >= 11 is 1.12. The number of likely N-dealkylation sites (tertiary alicyclic amines) is 1. The molecule has 0 bridgehead atoms. The first-order valence-corrected chi connectivity index (χ1v) is 9.52. The SMILES string of the molecule is C=C(N/C(C=N)=C/C=N)N1CCC(C(C)(F)Sc2ccccc2C#N)CC1. The average molecular weight is 386 g/mol. The van der Waals surface area contributed by atoms with Gasteiger partial charge in [0.2, 0.25) is 0 Å². The number of hydrogen-bond donors (Lipinski definition) is 3. The van der Waals surface area contributed by atoms with Crippen molar-refractivity contribution >= 4 is 24.2 Å². The van der Waals surface area contributed by atoms with Crippen molar-refractivity contribution in [1.82, 2.24) is 10.2 Å². The van der Waals surface area contributed by atoms with E-state index in [0.29, 0.717) is 47.9 Å². The van der Waals surface area contributed by atoms with E-state index in [1.54, 1.807) is 25.1 Å². The van der Waals surface area contributed by atoms with Crippen LogP contribution in [0.3, 0.4) is 0 Å². The highest BCUT2D eigenvalue weighted by atomic mass is 32.2. The molecule has 1 aromatic rings. The summed E-state index contributed by atoms with van der Waals surface area (Å²) in [6, 6.07) is 9.22. The van der Waals surface area contributed by atoms with Crippen LogP contribution < -0.4 is 5.32 Å². The third-order valence-corrected chi connectivity index (χ3v) is 5.94. The van der Waals surface area contributed by atoms with Gasteiger partial charge in [0.25, 0.3) is 0 Å². The predicted octanol–water partition coefficient (Wildman–Crippen LogP) is 4.29. The summed E-state index contributed by atoms with van der Waals surface area (Å²) in [7, 11) is 0. The maximum Gasteiger partial charge on any atom is 0.160 e. The van der Waals surface area contributed by atoms with Crippen molar-refractivity contribution in [3.05, 3.63) is 54.0 Å². The molecule has 0 saturated carbocycles. The van der Waals surface area contributed by atoms with Gasteiger partial charge >= 0.3 is 0 Å². The van der Waals surface area contributed by atoms with Gasteiger partial charge in [0.15, 0.2) is 5.00 Å². The number of nitrogens with one attached hydrogen (secondary N) is 3. The molecule has 0 aromatic heterocycles. The highest BCUT2D eigenvalue weighted by Gasteiger charge is 2.38. The van der Waals surface area contributed by atoms with Crippen molar-refractivity contribution in [2.45, 2.75) is 29.7 Å². The summed E-state index contributed by atoms with van der Waals surface area (Å²) in [6.45, 7) is 6.90. The normalized spacial score (nSPS) is 17.5. The minimum absolute atomic E-state index is 0.127. The Morgan fingerprint density at radius 1 is 1.41 bits per heavy atom. The minimum atomic E-state index is -1.46. The van der Waals surface area contributed by atoms with Crippen molar-refractivity contribution in [1.29, 1.82) is 16.1 Å². The van der Waals surface area contributed by atoms with Crippen LogP contribution in [-0.4, -0.2) is 35.4 Å². The van der Waals surface area contributed by atoms with Crippen molar-refractivity contribution in [3.8, 4) is 6.07 Å². The van der Waals surface area contributed by atoms with Crippen molar-refractivity contribution in [2.75, 3.05) is 13.1 Å². The van der Waals surface area contributed by atoms with E-state index in [9.17, 15) is 5.26 Å². The Morgan fingerprint density at radius 2 is 2.07 bits per heavy atom. The van der Waals surface area contributed by atoms with Crippen LogP contribution in [-0.2, 0) is 0 Å². The quantitative estimate of drug-likeness (QED) is 0.460. The Labute approximate surface area is 164 Å². The van der Waals surface area contributed by atoms with Crippen molar-refractivity contribution < 1.29 is 4.39 Å².